The van der Waals surface area contributed by atoms with Crippen LogP contribution in [0.15, 0.2) is 58.7 Å². The van der Waals surface area contributed by atoms with Crippen molar-refractivity contribution in [3.63, 3.8) is 0 Å². The molecule has 24 heavy (non-hydrogen) atoms. The van der Waals surface area contributed by atoms with Gasteiger partial charge in [-0.25, -0.2) is 4.79 Å². The van der Waals surface area contributed by atoms with Crippen molar-refractivity contribution < 1.29 is 14.7 Å². The van der Waals surface area contributed by atoms with Crippen LogP contribution in [0.2, 0.25) is 0 Å². The molecule has 0 spiro atoms. The third kappa shape index (κ3) is 5.48. The Hall–Kier alpha value is -2.16. The summed E-state index contributed by atoms with van der Waals surface area (Å²) in [4.78, 5) is 22.8. The van der Waals surface area contributed by atoms with Crippen LogP contribution in [-0.4, -0.2) is 16.9 Å². The van der Waals surface area contributed by atoms with Crippen LogP contribution in [-0.2, 0) is 9.59 Å². The van der Waals surface area contributed by atoms with Crippen molar-refractivity contribution in [2.45, 2.75) is 48.0 Å². The Morgan fingerprint density at radius 2 is 1.83 bits per heavy atom. The van der Waals surface area contributed by atoms with Crippen molar-refractivity contribution in [2.24, 2.45) is 11.3 Å². The van der Waals surface area contributed by atoms with E-state index < -0.39 is 5.97 Å². The summed E-state index contributed by atoms with van der Waals surface area (Å²) >= 11 is 0. The van der Waals surface area contributed by atoms with Crippen molar-refractivity contribution in [3.05, 3.63) is 58.7 Å². The summed E-state index contributed by atoms with van der Waals surface area (Å²) in [7, 11) is 0. The van der Waals surface area contributed by atoms with Crippen molar-refractivity contribution >= 4 is 11.8 Å². The van der Waals surface area contributed by atoms with Crippen LogP contribution in [0, 0.1) is 11.3 Å². The topological polar surface area (TPSA) is 54.4 Å². The van der Waals surface area contributed by atoms with Gasteiger partial charge in [0.2, 0.25) is 0 Å². The third-order valence-corrected chi connectivity index (χ3v) is 4.35. The van der Waals surface area contributed by atoms with E-state index in [2.05, 4.69) is 13.8 Å². The first-order valence-electron chi connectivity index (χ1n) is 8.24. The van der Waals surface area contributed by atoms with E-state index in [-0.39, 0.29) is 17.1 Å². The first-order valence-corrected chi connectivity index (χ1v) is 8.24. The molecule has 1 aliphatic carbocycles. The fourth-order valence-electron chi connectivity index (χ4n) is 3.19. The van der Waals surface area contributed by atoms with E-state index in [9.17, 15) is 9.59 Å². The lowest BCUT2D eigenvalue weighted by Crippen LogP contribution is -2.30. The largest absolute Gasteiger partial charge is 0.478 e. The zero-order valence-corrected chi connectivity index (χ0v) is 15.5. The first kappa shape index (κ1) is 19.9. The van der Waals surface area contributed by atoms with Gasteiger partial charge in [0.05, 0.1) is 0 Å². The van der Waals surface area contributed by atoms with Crippen LogP contribution in [0.1, 0.15) is 48.0 Å². The van der Waals surface area contributed by atoms with Gasteiger partial charge >= 0.3 is 5.97 Å². The summed E-state index contributed by atoms with van der Waals surface area (Å²) in [6.07, 6.45) is 11.6. The molecule has 0 saturated heterocycles. The number of Topliss-reactive ketones (excluding diaryl/α,β-unsaturated/α-hetero) is 1. The number of allylic oxidation sites excluding steroid dienone is 9. The first-order chi connectivity index (χ1) is 11.0. The fraction of sp³-hybridized carbons (Fsp3) is 0.429. The van der Waals surface area contributed by atoms with Crippen molar-refractivity contribution in [3.8, 4) is 0 Å². The van der Waals surface area contributed by atoms with Crippen molar-refractivity contribution in [1.29, 1.82) is 0 Å². The minimum atomic E-state index is -0.946. The number of ketones is 1. The molecular weight excluding hydrogens is 300 g/mol. The Morgan fingerprint density at radius 1 is 1.21 bits per heavy atom. The average molecular weight is 328 g/mol. The number of aliphatic carboxylic acids is 1. The third-order valence-electron chi connectivity index (χ3n) is 4.35. The molecule has 0 aromatic rings. The highest BCUT2D eigenvalue weighted by Gasteiger charge is 2.35. The van der Waals surface area contributed by atoms with Gasteiger partial charge < -0.3 is 5.11 Å². The normalized spacial score (nSPS) is 22.8. The molecular formula is C21H28O3. The summed E-state index contributed by atoms with van der Waals surface area (Å²) in [5.41, 5.74) is 3.67. The second-order valence-electron chi connectivity index (χ2n) is 7.22. The monoisotopic (exact) mass is 328 g/mol. The lowest BCUT2D eigenvalue weighted by Gasteiger charge is -2.35. The summed E-state index contributed by atoms with van der Waals surface area (Å²) in [6, 6.07) is 0. The molecule has 0 aliphatic heterocycles. The molecule has 0 aromatic carbocycles. The van der Waals surface area contributed by atoms with Gasteiger partial charge in [-0.1, -0.05) is 56.7 Å². The Morgan fingerprint density at radius 3 is 2.42 bits per heavy atom. The second-order valence-corrected chi connectivity index (χ2v) is 7.22. The van der Waals surface area contributed by atoms with E-state index in [1.54, 1.807) is 13.0 Å². The van der Waals surface area contributed by atoms with E-state index >= 15 is 0 Å². The predicted octanol–water partition coefficient (Wildman–Crippen LogP) is 5.03. The number of carbonyl (C=O) groups is 2. The Kier molecular flexibility index (Phi) is 6.70. The molecule has 130 valence electrons. The Balaban J connectivity index is 2.95. The molecule has 1 unspecified atom stereocenters. The Labute approximate surface area is 145 Å². The molecule has 0 heterocycles. The zero-order valence-electron chi connectivity index (χ0n) is 15.5. The quantitative estimate of drug-likeness (QED) is 0.569. The van der Waals surface area contributed by atoms with Crippen LogP contribution >= 0.6 is 0 Å². The van der Waals surface area contributed by atoms with Crippen LogP contribution in [0.4, 0.5) is 0 Å². The molecule has 0 aromatic heterocycles. The molecule has 0 radical (unpaired) electrons. The standard InChI is InChI=1S/C21H28O3/c1-14(8-7-9-15(2)12-19(22)23)10-11-18-17(4)20(24)16(3)13-21(18,5)6/h7-12,16H,13H2,1-6H3,(H,22,23)/b9-7+,11-10+,14-8+,15-12+. The SMILES string of the molecule is CC1=C(/C=C/C(C)=C/C=C/C(C)=C/C(=O)O)C(C)(C)CC(C)C1=O. The summed E-state index contributed by atoms with van der Waals surface area (Å²) in [5.74, 6) is -0.621. The van der Waals surface area contributed by atoms with Crippen molar-refractivity contribution in [2.75, 3.05) is 0 Å². The maximum Gasteiger partial charge on any atom is 0.328 e. The number of carboxylic acid groups (broad SMARTS) is 1. The highest BCUT2D eigenvalue weighted by atomic mass is 16.4. The van der Waals surface area contributed by atoms with E-state index in [1.165, 1.54) is 6.08 Å². The molecule has 0 saturated carbocycles. The van der Waals surface area contributed by atoms with E-state index in [0.29, 0.717) is 5.57 Å². The second kappa shape index (κ2) is 8.09. The van der Waals surface area contributed by atoms with E-state index in [0.717, 1.165) is 23.1 Å². The lowest BCUT2D eigenvalue weighted by atomic mass is 9.68. The lowest BCUT2D eigenvalue weighted by molar-refractivity contribution is -0.131. The predicted molar refractivity (Wildman–Crippen MR) is 98.7 cm³/mol. The van der Waals surface area contributed by atoms with Gasteiger partial charge in [-0.2, -0.15) is 0 Å². The number of hydrogen-bond acceptors (Lipinski definition) is 2. The van der Waals surface area contributed by atoms with Crippen LogP contribution in [0.25, 0.3) is 0 Å². The molecule has 1 N–H and O–H groups in total. The number of carbonyl (C=O) groups excluding carboxylic acids is 1. The maximum atomic E-state index is 12.2. The molecule has 3 heteroatoms. The summed E-state index contributed by atoms with van der Waals surface area (Å²) in [5, 5.41) is 8.67. The fourth-order valence-corrected chi connectivity index (χ4v) is 3.19. The Bertz CT molecular complexity index is 667. The van der Waals surface area contributed by atoms with Gasteiger partial charge in [-0.05, 0) is 49.3 Å². The van der Waals surface area contributed by atoms with Crippen molar-refractivity contribution in [1.82, 2.24) is 0 Å². The van der Waals surface area contributed by atoms with Gasteiger partial charge in [0.15, 0.2) is 5.78 Å². The van der Waals surface area contributed by atoms with E-state index in [1.807, 2.05) is 45.1 Å². The zero-order chi connectivity index (χ0) is 18.5. The number of carboxylic acids is 1. The average Bonchev–Trinajstić information content (AvgIpc) is 2.43. The summed E-state index contributed by atoms with van der Waals surface area (Å²) < 4.78 is 0. The highest BCUT2D eigenvalue weighted by molar-refractivity contribution is 5.98. The smallest absolute Gasteiger partial charge is 0.328 e. The molecule has 3 nitrogen and oxygen atoms in total. The maximum absolute atomic E-state index is 12.2. The van der Waals surface area contributed by atoms with Crippen LogP contribution < -0.4 is 0 Å². The number of hydrogen-bond donors (Lipinski definition) is 1. The molecule has 0 fully saturated rings. The number of rotatable bonds is 5. The molecule has 1 rings (SSSR count). The highest BCUT2D eigenvalue weighted by Crippen LogP contribution is 2.41. The molecule has 0 bridgehead atoms. The van der Waals surface area contributed by atoms with E-state index in [4.69, 9.17) is 5.11 Å². The van der Waals surface area contributed by atoms with Gasteiger partial charge in [0, 0.05) is 12.0 Å². The van der Waals surface area contributed by atoms with Gasteiger partial charge in [-0.15, -0.1) is 0 Å². The molecule has 1 aliphatic rings. The summed E-state index contributed by atoms with van der Waals surface area (Å²) in [6.45, 7) is 12.0. The minimum absolute atomic E-state index is 0.00908. The minimum Gasteiger partial charge on any atom is -0.478 e. The van der Waals surface area contributed by atoms with Gasteiger partial charge in [0.25, 0.3) is 0 Å². The molecule has 0 amide bonds. The van der Waals surface area contributed by atoms with Crippen LogP contribution in [0.3, 0.4) is 0 Å². The van der Waals surface area contributed by atoms with Gasteiger partial charge in [-0.3, -0.25) is 4.79 Å². The van der Waals surface area contributed by atoms with Crippen LogP contribution in [0.5, 0.6) is 0 Å². The molecule has 1 atom stereocenters. The van der Waals surface area contributed by atoms with Gasteiger partial charge in [0.1, 0.15) is 0 Å².